The van der Waals surface area contributed by atoms with Gasteiger partial charge in [0.15, 0.2) is 5.96 Å². The molecular weight excluding hydrogens is 463 g/mol. The molecule has 0 radical (unpaired) electrons. The van der Waals surface area contributed by atoms with Crippen LogP contribution in [0.15, 0.2) is 29.3 Å². The minimum atomic E-state index is -3.33. The third-order valence-corrected chi connectivity index (χ3v) is 6.54. The van der Waals surface area contributed by atoms with Gasteiger partial charge < -0.3 is 10.6 Å². The van der Waals surface area contributed by atoms with Crippen LogP contribution in [0.1, 0.15) is 32.3 Å². The van der Waals surface area contributed by atoms with E-state index in [1.54, 1.807) is 7.05 Å². The van der Waals surface area contributed by atoms with Gasteiger partial charge in [-0.05, 0) is 24.0 Å². The lowest BCUT2D eigenvalue weighted by Gasteiger charge is -2.20. The van der Waals surface area contributed by atoms with Crippen molar-refractivity contribution in [2.45, 2.75) is 33.1 Å². The van der Waals surface area contributed by atoms with Crippen LogP contribution in [0, 0.1) is 5.92 Å². The maximum atomic E-state index is 12.6. The van der Waals surface area contributed by atoms with Crippen molar-refractivity contribution in [2.75, 3.05) is 36.7 Å². The first kappa shape index (κ1) is 23.0. The van der Waals surface area contributed by atoms with Crippen molar-refractivity contribution in [3.8, 4) is 0 Å². The van der Waals surface area contributed by atoms with Gasteiger partial charge in [-0.2, -0.15) is 0 Å². The summed E-state index contributed by atoms with van der Waals surface area (Å²) in [5.74, 6) is 1.31. The maximum Gasteiger partial charge on any atom is 0.236 e. The zero-order chi connectivity index (χ0) is 18.3. The Morgan fingerprint density at radius 1 is 1.23 bits per heavy atom. The Balaban J connectivity index is 0.00000338. The van der Waals surface area contributed by atoms with Crippen LogP contribution in [-0.2, 0) is 16.4 Å². The summed E-state index contributed by atoms with van der Waals surface area (Å²) in [6, 6.07) is 7.71. The summed E-state index contributed by atoms with van der Waals surface area (Å²) >= 11 is 0. The van der Waals surface area contributed by atoms with Crippen LogP contribution in [0.2, 0.25) is 0 Å². The van der Waals surface area contributed by atoms with Gasteiger partial charge in [0, 0.05) is 26.7 Å². The largest absolute Gasteiger partial charge is 0.356 e. The summed E-state index contributed by atoms with van der Waals surface area (Å²) in [5, 5.41) is 6.38. The highest BCUT2D eigenvalue weighted by Crippen LogP contribution is 2.29. The van der Waals surface area contributed by atoms with E-state index in [-0.39, 0.29) is 29.7 Å². The number of hydrogen-bond acceptors (Lipinski definition) is 3. The molecule has 148 valence electrons. The van der Waals surface area contributed by atoms with Crippen molar-refractivity contribution in [3.63, 3.8) is 0 Å². The minimum Gasteiger partial charge on any atom is -0.356 e. The highest BCUT2D eigenvalue weighted by atomic mass is 127. The molecule has 0 saturated carbocycles. The van der Waals surface area contributed by atoms with E-state index in [2.05, 4.69) is 29.5 Å². The number of aliphatic imine (C=N–C) groups is 1. The molecule has 0 spiro atoms. The van der Waals surface area contributed by atoms with Crippen molar-refractivity contribution >= 4 is 45.6 Å². The van der Waals surface area contributed by atoms with Gasteiger partial charge in [0.25, 0.3) is 0 Å². The van der Waals surface area contributed by atoms with Crippen LogP contribution < -0.4 is 14.9 Å². The lowest BCUT2D eigenvalue weighted by Crippen LogP contribution is -2.43. The molecule has 0 saturated heterocycles. The normalized spacial score (nSPS) is 14.2. The Kier molecular flexibility index (Phi) is 9.70. The van der Waals surface area contributed by atoms with Gasteiger partial charge in [0.1, 0.15) is 0 Å². The first-order chi connectivity index (χ1) is 12.0. The molecule has 0 fully saturated rings. The molecule has 2 N–H and O–H groups in total. The highest BCUT2D eigenvalue weighted by molar-refractivity contribution is 14.0. The fraction of sp³-hybridized carbons (Fsp3) is 0.611. The molecule has 1 aromatic carbocycles. The summed E-state index contributed by atoms with van der Waals surface area (Å²) in [4.78, 5) is 4.17. The molecule has 0 aromatic heterocycles. The monoisotopic (exact) mass is 494 g/mol. The molecule has 8 heteroatoms. The van der Waals surface area contributed by atoms with Crippen LogP contribution in [-0.4, -0.2) is 46.8 Å². The minimum absolute atomic E-state index is 0. The molecule has 0 bridgehead atoms. The summed E-state index contributed by atoms with van der Waals surface area (Å²) in [5.41, 5.74) is 1.92. The number of halogens is 1. The molecule has 1 aliphatic heterocycles. The maximum absolute atomic E-state index is 12.6. The zero-order valence-electron chi connectivity index (χ0n) is 15.9. The number of fused-ring (bicyclic) bond motifs is 1. The summed E-state index contributed by atoms with van der Waals surface area (Å²) in [6.45, 7) is 6.06. The third-order valence-electron chi connectivity index (χ3n) is 4.77. The van der Waals surface area contributed by atoms with Crippen molar-refractivity contribution < 1.29 is 8.42 Å². The molecule has 0 atom stereocenters. The molecule has 2 rings (SSSR count). The lowest BCUT2D eigenvalue weighted by atomic mass is 10.0. The Morgan fingerprint density at radius 3 is 2.58 bits per heavy atom. The van der Waals surface area contributed by atoms with E-state index in [0.29, 0.717) is 25.0 Å². The van der Waals surface area contributed by atoms with E-state index in [1.165, 1.54) is 4.31 Å². The number of hydrogen-bond donors (Lipinski definition) is 2. The standard InChI is InChI=1S/C18H30N4O2S.HI/c1-4-15(5-2)14-21-18(19-3)20-11-13-25(23,24)22-12-10-16-8-6-7-9-17(16)22;/h6-9,15H,4-5,10-14H2,1-3H3,(H2,19,20,21);1H. The van der Waals surface area contributed by atoms with Gasteiger partial charge in [-0.1, -0.05) is 44.9 Å². The van der Waals surface area contributed by atoms with Crippen LogP contribution in [0.4, 0.5) is 5.69 Å². The summed E-state index contributed by atoms with van der Waals surface area (Å²) in [7, 11) is -1.63. The van der Waals surface area contributed by atoms with Gasteiger partial charge in [-0.3, -0.25) is 9.30 Å². The van der Waals surface area contributed by atoms with Crippen LogP contribution >= 0.6 is 24.0 Å². The van der Waals surface area contributed by atoms with Gasteiger partial charge in [0.2, 0.25) is 10.0 Å². The average molecular weight is 494 g/mol. The van der Waals surface area contributed by atoms with E-state index >= 15 is 0 Å². The average Bonchev–Trinajstić information content (AvgIpc) is 3.06. The Hall–Kier alpha value is -1.03. The Morgan fingerprint density at radius 2 is 1.92 bits per heavy atom. The van der Waals surface area contributed by atoms with Crippen LogP contribution in [0.5, 0.6) is 0 Å². The van der Waals surface area contributed by atoms with Crippen molar-refractivity contribution in [2.24, 2.45) is 10.9 Å². The molecular formula is C18H31IN4O2S. The molecule has 26 heavy (non-hydrogen) atoms. The molecule has 1 aliphatic rings. The smallest absolute Gasteiger partial charge is 0.236 e. The van der Waals surface area contributed by atoms with E-state index in [0.717, 1.165) is 37.1 Å². The number of sulfonamides is 1. The number of anilines is 1. The van der Waals surface area contributed by atoms with E-state index in [4.69, 9.17) is 0 Å². The number of guanidine groups is 1. The van der Waals surface area contributed by atoms with Gasteiger partial charge in [-0.25, -0.2) is 8.42 Å². The van der Waals surface area contributed by atoms with Crippen molar-refractivity contribution in [1.82, 2.24) is 10.6 Å². The van der Waals surface area contributed by atoms with E-state index < -0.39 is 10.0 Å². The predicted octanol–water partition coefficient (Wildman–Crippen LogP) is 2.60. The van der Waals surface area contributed by atoms with Crippen LogP contribution in [0.25, 0.3) is 0 Å². The first-order valence-corrected chi connectivity index (χ1v) is 10.7. The third kappa shape index (κ3) is 6.00. The quantitative estimate of drug-likeness (QED) is 0.331. The SMILES string of the molecule is CCC(CC)CNC(=NC)NCCS(=O)(=O)N1CCc2ccccc21.I. The highest BCUT2D eigenvalue weighted by Gasteiger charge is 2.28. The van der Waals surface area contributed by atoms with E-state index in [1.807, 2.05) is 24.3 Å². The number of nitrogens with zero attached hydrogens (tertiary/aromatic N) is 2. The summed E-state index contributed by atoms with van der Waals surface area (Å²) in [6.07, 6.45) is 3.01. The summed E-state index contributed by atoms with van der Waals surface area (Å²) < 4.78 is 26.8. The molecule has 6 nitrogen and oxygen atoms in total. The Bertz CT molecular complexity index is 690. The lowest BCUT2D eigenvalue weighted by molar-refractivity contribution is 0.481. The van der Waals surface area contributed by atoms with Gasteiger partial charge >= 0.3 is 0 Å². The number of benzene rings is 1. The second-order valence-electron chi connectivity index (χ2n) is 6.33. The number of nitrogens with one attached hydrogen (secondary N) is 2. The van der Waals surface area contributed by atoms with E-state index in [9.17, 15) is 8.42 Å². The zero-order valence-corrected chi connectivity index (χ0v) is 19.0. The van der Waals surface area contributed by atoms with Crippen molar-refractivity contribution in [3.05, 3.63) is 29.8 Å². The number of rotatable bonds is 8. The fourth-order valence-electron chi connectivity index (χ4n) is 3.04. The molecule has 0 unspecified atom stereocenters. The molecule has 1 heterocycles. The van der Waals surface area contributed by atoms with Crippen molar-refractivity contribution in [1.29, 1.82) is 0 Å². The molecule has 0 aliphatic carbocycles. The van der Waals surface area contributed by atoms with Crippen LogP contribution in [0.3, 0.4) is 0 Å². The Labute approximate surface area is 174 Å². The second-order valence-corrected chi connectivity index (χ2v) is 8.34. The van der Waals surface area contributed by atoms with Gasteiger partial charge in [-0.15, -0.1) is 24.0 Å². The predicted molar refractivity (Wildman–Crippen MR) is 120 cm³/mol. The first-order valence-electron chi connectivity index (χ1n) is 9.04. The molecule has 1 aromatic rings. The number of para-hydroxylation sites is 1. The fourth-order valence-corrected chi connectivity index (χ4v) is 4.47. The topological polar surface area (TPSA) is 73.8 Å². The van der Waals surface area contributed by atoms with Gasteiger partial charge in [0.05, 0.1) is 11.4 Å². The second kappa shape index (κ2) is 11.0. The molecule has 0 amide bonds.